The van der Waals surface area contributed by atoms with E-state index in [0.29, 0.717) is 0 Å². The Hall–Kier alpha value is -0.0400. The lowest BCUT2D eigenvalue weighted by atomic mass is 9.97. The molecule has 4 nitrogen and oxygen atoms in total. The molecule has 21 heavy (non-hydrogen) atoms. The van der Waals surface area contributed by atoms with E-state index < -0.39 is 0 Å². The monoisotopic (exact) mass is 410 g/mol. The molecule has 0 radical (unpaired) electrons. The van der Waals surface area contributed by atoms with Crippen molar-refractivity contribution in [2.75, 3.05) is 39.3 Å². The summed E-state index contributed by atoms with van der Waals surface area (Å²) in [5, 5.41) is 6.70. The number of guanidine groups is 1. The Bertz CT molecular complexity index is 281. The smallest absolute Gasteiger partial charge is 0.191 e. The summed E-state index contributed by atoms with van der Waals surface area (Å²) in [6.07, 6.45) is 3.78. The van der Waals surface area contributed by atoms with Crippen LogP contribution in [-0.4, -0.2) is 50.1 Å². The molecule has 1 fully saturated rings. The van der Waals surface area contributed by atoms with Gasteiger partial charge in [0.2, 0.25) is 0 Å². The summed E-state index contributed by atoms with van der Waals surface area (Å²) < 4.78 is 0. The molecule has 1 heterocycles. The summed E-state index contributed by atoms with van der Waals surface area (Å²) in [6, 6.07) is 0. The molecule has 1 aliphatic rings. The number of likely N-dealkylation sites (tertiary alicyclic amines) is 1. The van der Waals surface area contributed by atoms with Gasteiger partial charge in [0.15, 0.2) is 5.96 Å². The summed E-state index contributed by atoms with van der Waals surface area (Å²) in [5.41, 5.74) is 0. The predicted octanol–water partition coefficient (Wildman–Crippen LogP) is 2.94. The van der Waals surface area contributed by atoms with Crippen LogP contribution in [0, 0.1) is 11.8 Å². The van der Waals surface area contributed by atoms with Crippen LogP contribution in [0.2, 0.25) is 0 Å². The van der Waals surface area contributed by atoms with Crippen molar-refractivity contribution in [2.45, 2.75) is 47.0 Å². The first-order valence-electron chi connectivity index (χ1n) is 8.40. The maximum Gasteiger partial charge on any atom is 0.191 e. The number of nitrogens with one attached hydrogen (secondary N) is 2. The van der Waals surface area contributed by atoms with Gasteiger partial charge in [0, 0.05) is 32.7 Å². The van der Waals surface area contributed by atoms with Crippen LogP contribution < -0.4 is 10.6 Å². The van der Waals surface area contributed by atoms with Crippen molar-refractivity contribution in [3.63, 3.8) is 0 Å². The second-order valence-electron chi connectivity index (χ2n) is 6.31. The number of piperidine rings is 1. The van der Waals surface area contributed by atoms with Crippen LogP contribution in [0.15, 0.2) is 4.99 Å². The van der Waals surface area contributed by atoms with E-state index in [-0.39, 0.29) is 24.0 Å². The van der Waals surface area contributed by atoms with Crippen molar-refractivity contribution in [2.24, 2.45) is 16.8 Å². The fraction of sp³-hybridized carbons (Fsp3) is 0.938. The first kappa shape index (κ1) is 21.0. The fourth-order valence-electron chi connectivity index (χ4n) is 2.79. The van der Waals surface area contributed by atoms with Crippen LogP contribution in [-0.2, 0) is 0 Å². The van der Waals surface area contributed by atoms with Gasteiger partial charge >= 0.3 is 0 Å². The molecule has 0 bridgehead atoms. The Labute approximate surface area is 148 Å². The van der Waals surface area contributed by atoms with Gasteiger partial charge < -0.3 is 15.5 Å². The highest BCUT2D eigenvalue weighted by Gasteiger charge is 2.20. The highest BCUT2D eigenvalue weighted by Crippen LogP contribution is 2.17. The van der Waals surface area contributed by atoms with E-state index in [1.807, 2.05) is 0 Å². The van der Waals surface area contributed by atoms with Gasteiger partial charge in [0.1, 0.15) is 0 Å². The van der Waals surface area contributed by atoms with E-state index in [2.05, 4.69) is 43.2 Å². The Kier molecular flexibility index (Phi) is 12.5. The fourth-order valence-corrected chi connectivity index (χ4v) is 2.79. The quantitative estimate of drug-likeness (QED) is 0.385. The molecule has 0 spiro atoms. The van der Waals surface area contributed by atoms with Gasteiger partial charge in [0.25, 0.3) is 0 Å². The SMILES string of the molecule is CCCNC(=NCC1CCCN(CC(C)C)C1)NCC.I. The molecule has 0 amide bonds. The summed E-state index contributed by atoms with van der Waals surface area (Å²) in [7, 11) is 0. The molecule has 1 aliphatic heterocycles. The molecule has 1 rings (SSSR count). The Morgan fingerprint density at radius 2 is 2.05 bits per heavy atom. The number of hydrogen-bond donors (Lipinski definition) is 2. The molecule has 126 valence electrons. The molecule has 1 saturated heterocycles. The Balaban J connectivity index is 0.00000400. The zero-order valence-electron chi connectivity index (χ0n) is 14.3. The molecule has 1 unspecified atom stereocenters. The highest BCUT2D eigenvalue weighted by molar-refractivity contribution is 14.0. The second kappa shape index (κ2) is 12.5. The lowest BCUT2D eigenvalue weighted by molar-refractivity contribution is 0.162. The van der Waals surface area contributed by atoms with E-state index in [9.17, 15) is 0 Å². The molecular weight excluding hydrogens is 375 g/mol. The van der Waals surface area contributed by atoms with Crippen molar-refractivity contribution in [1.82, 2.24) is 15.5 Å². The van der Waals surface area contributed by atoms with Crippen molar-refractivity contribution < 1.29 is 0 Å². The maximum atomic E-state index is 4.76. The first-order valence-corrected chi connectivity index (χ1v) is 8.40. The van der Waals surface area contributed by atoms with Crippen LogP contribution >= 0.6 is 24.0 Å². The largest absolute Gasteiger partial charge is 0.357 e. The van der Waals surface area contributed by atoms with Crippen LogP contribution in [0.3, 0.4) is 0 Å². The third-order valence-corrected chi connectivity index (χ3v) is 3.62. The van der Waals surface area contributed by atoms with E-state index >= 15 is 0 Å². The molecule has 0 aromatic rings. The lowest BCUT2D eigenvalue weighted by Crippen LogP contribution is -2.40. The average molecular weight is 410 g/mol. The average Bonchev–Trinajstić information content (AvgIpc) is 2.41. The zero-order chi connectivity index (χ0) is 14.8. The number of hydrogen-bond acceptors (Lipinski definition) is 2. The standard InChI is InChI=1S/C16H34N4.HI/c1-5-9-18-16(17-6-2)19-11-15-8-7-10-20(13-15)12-14(3)4;/h14-15H,5-13H2,1-4H3,(H2,17,18,19);1H. The maximum absolute atomic E-state index is 4.76. The van der Waals surface area contributed by atoms with E-state index in [1.165, 1.54) is 32.5 Å². The molecule has 0 aliphatic carbocycles. The number of rotatable bonds is 7. The Morgan fingerprint density at radius 3 is 2.67 bits per heavy atom. The highest BCUT2D eigenvalue weighted by atomic mass is 127. The van der Waals surface area contributed by atoms with E-state index in [0.717, 1.165) is 43.9 Å². The second-order valence-corrected chi connectivity index (χ2v) is 6.31. The van der Waals surface area contributed by atoms with Crippen molar-refractivity contribution >= 4 is 29.9 Å². The molecule has 0 saturated carbocycles. The van der Waals surface area contributed by atoms with Gasteiger partial charge in [-0.15, -0.1) is 24.0 Å². The molecular formula is C16H35IN4. The van der Waals surface area contributed by atoms with Crippen molar-refractivity contribution in [3.8, 4) is 0 Å². The zero-order valence-corrected chi connectivity index (χ0v) is 16.7. The van der Waals surface area contributed by atoms with Crippen molar-refractivity contribution in [3.05, 3.63) is 0 Å². The lowest BCUT2D eigenvalue weighted by Gasteiger charge is -2.33. The van der Waals surface area contributed by atoms with Crippen molar-refractivity contribution in [1.29, 1.82) is 0 Å². The molecule has 0 aromatic carbocycles. The van der Waals surface area contributed by atoms with E-state index in [1.54, 1.807) is 0 Å². The summed E-state index contributed by atoms with van der Waals surface area (Å²) in [4.78, 5) is 7.37. The van der Waals surface area contributed by atoms with E-state index in [4.69, 9.17) is 4.99 Å². The number of aliphatic imine (C=N–C) groups is 1. The van der Waals surface area contributed by atoms with Gasteiger partial charge in [0.05, 0.1) is 0 Å². The van der Waals surface area contributed by atoms with Crippen LogP contribution in [0.5, 0.6) is 0 Å². The Morgan fingerprint density at radius 1 is 1.29 bits per heavy atom. The van der Waals surface area contributed by atoms with Crippen LogP contribution in [0.4, 0.5) is 0 Å². The number of halogens is 1. The van der Waals surface area contributed by atoms with Gasteiger partial charge in [-0.05, 0) is 44.6 Å². The molecule has 0 aromatic heterocycles. The molecule has 2 N–H and O–H groups in total. The molecule has 1 atom stereocenters. The minimum atomic E-state index is 0. The molecule has 5 heteroatoms. The van der Waals surface area contributed by atoms with Crippen LogP contribution in [0.25, 0.3) is 0 Å². The van der Waals surface area contributed by atoms with Gasteiger partial charge in [-0.1, -0.05) is 20.8 Å². The minimum absolute atomic E-state index is 0. The third-order valence-electron chi connectivity index (χ3n) is 3.62. The number of nitrogens with zero attached hydrogens (tertiary/aromatic N) is 2. The topological polar surface area (TPSA) is 39.7 Å². The normalized spacial score (nSPS) is 20.2. The summed E-state index contributed by atoms with van der Waals surface area (Å²) in [6.45, 7) is 15.5. The third kappa shape index (κ3) is 9.55. The van der Waals surface area contributed by atoms with Gasteiger partial charge in [-0.3, -0.25) is 4.99 Å². The predicted molar refractivity (Wildman–Crippen MR) is 104 cm³/mol. The van der Waals surface area contributed by atoms with Gasteiger partial charge in [-0.2, -0.15) is 0 Å². The summed E-state index contributed by atoms with van der Waals surface area (Å²) in [5.74, 6) is 2.47. The minimum Gasteiger partial charge on any atom is -0.357 e. The van der Waals surface area contributed by atoms with Gasteiger partial charge in [-0.25, -0.2) is 0 Å². The summed E-state index contributed by atoms with van der Waals surface area (Å²) >= 11 is 0. The first-order chi connectivity index (χ1) is 9.65. The van der Waals surface area contributed by atoms with Crippen LogP contribution in [0.1, 0.15) is 47.0 Å².